The van der Waals surface area contributed by atoms with Crippen LogP contribution in [0.15, 0.2) is 79.1 Å². The zero-order chi connectivity index (χ0) is 30.9. The number of pyridine rings is 1. The minimum absolute atomic E-state index is 0.216. The average molecular weight is 621 g/mol. The van der Waals surface area contributed by atoms with E-state index in [2.05, 4.69) is 4.98 Å². The van der Waals surface area contributed by atoms with E-state index in [0.29, 0.717) is 43.9 Å². The summed E-state index contributed by atoms with van der Waals surface area (Å²) in [4.78, 5) is 35.3. The summed E-state index contributed by atoms with van der Waals surface area (Å²) in [5.74, 6) is 0.552. The smallest absolute Gasteiger partial charge is 0.256 e. The van der Waals surface area contributed by atoms with Gasteiger partial charge in [0.25, 0.3) is 5.91 Å². The Kier molecular flexibility index (Phi) is 8.64. The third kappa shape index (κ3) is 5.42. The maximum atomic E-state index is 14.5. The summed E-state index contributed by atoms with van der Waals surface area (Å²) in [6.45, 7) is 4.01. The molecule has 0 aliphatic carbocycles. The van der Waals surface area contributed by atoms with Gasteiger partial charge in [-0.3, -0.25) is 14.6 Å². The molecule has 1 aromatic heterocycles. The second kappa shape index (κ2) is 12.2. The van der Waals surface area contributed by atoms with Crippen LogP contribution in [-0.2, 0) is 16.8 Å². The molecule has 222 valence electrons. The number of fused-ring (bicyclic) bond motifs is 1. The molecule has 0 saturated heterocycles. The van der Waals surface area contributed by atoms with Crippen LogP contribution in [0.1, 0.15) is 52.7 Å². The largest absolute Gasteiger partial charge is 0.497 e. The summed E-state index contributed by atoms with van der Waals surface area (Å²) in [6, 6.07) is 19.0. The van der Waals surface area contributed by atoms with Crippen molar-refractivity contribution in [3.05, 3.63) is 117 Å². The van der Waals surface area contributed by atoms with E-state index < -0.39 is 17.6 Å². The Labute approximate surface area is 260 Å². The summed E-state index contributed by atoms with van der Waals surface area (Å²) in [6.07, 6.45) is 1.90. The van der Waals surface area contributed by atoms with Gasteiger partial charge in [0.2, 0.25) is 5.91 Å². The third-order valence-electron chi connectivity index (χ3n) is 7.91. The molecule has 2 heterocycles. The van der Waals surface area contributed by atoms with Gasteiger partial charge < -0.3 is 24.4 Å². The minimum atomic E-state index is -1.27. The normalized spacial score (nSPS) is 16.5. The van der Waals surface area contributed by atoms with Crippen LogP contribution in [-0.4, -0.2) is 47.6 Å². The van der Waals surface area contributed by atoms with Crippen LogP contribution in [0.3, 0.4) is 0 Å². The van der Waals surface area contributed by atoms with Gasteiger partial charge in [0.05, 0.1) is 20.8 Å². The standard InChI is InChI=1S/C33H31Cl2N3O5/c1-5-37(31(40)21-7-6-14-36-18-21)30(39)20-9-12-27(35)25(15-20)33(2)26-16-23(34)10-13-28(26)38(32(33)41)19-22-8-11-24(42-3)17-29(22)43-4/h6-18,31,40H,5,19H2,1-4H3. The highest BCUT2D eigenvalue weighted by Gasteiger charge is 2.50. The number of amides is 2. The Morgan fingerprint density at radius 2 is 1.84 bits per heavy atom. The highest BCUT2D eigenvalue weighted by molar-refractivity contribution is 6.33. The van der Waals surface area contributed by atoms with E-state index in [1.807, 2.05) is 18.2 Å². The number of aromatic nitrogens is 1. The van der Waals surface area contributed by atoms with Gasteiger partial charge in [0.15, 0.2) is 6.23 Å². The molecule has 0 bridgehead atoms. The van der Waals surface area contributed by atoms with Crippen LogP contribution in [0.5, 0.6) is 11.5 Å². The van der Waals surface area contributed by atoms with Gasteiger partial charge >= 0.3 is 0 Å². The van der Waals surface area contributed by atoms with Gasteiger partial charge in [0.1, 0.15) is 16.9 Å². The maximum Gasteiger partial charge on any atom is 0.256 e. The highest BCUT2D eigenvalue weighted by Crippen LogP contribution is 2.49. The first-order valence-corrected chi connectivity index (χ1v) is 14.4. The van der Waals surface area contributed by atoms with Crippen molar-refractivity contribution in [2.75, 3.05) is 25.7 Å². The van der Waals surface area contributed by atoms with Crippen molar-refractivity contribution in [3.8, 4) is 11.5 Å². The molecule has 0 radical (unpaired) electrons. The number of aliphatic hydroxyl groups excluding tert-OH is 1. The summed E-state index contributed by atoms with van der Waals surface area (Å²) < 4.78 is 10.9. The molecular formula is C33H31Cl2N3O5. The average Bonchev–Trinajstić information content (AvgIpc) is 3.23. The Morgan fingerprint density at radius 3 is 2.51 bits per heavy atom. The minimum Gasteiger partial charge on any atom is -0.497 e. The number of ether oxygens (including phenoxy) is 2. The van der Waals surface area contributed by atoms with E-state index in [0.717, 1.165) is 5.56 Å². The molecule has 3 aromatic carbocycles. The SMILES string of the molecule is CCN(C(=O)c1ccc(Cl)c(C2(C)C(=O)N(Cc3ccc(OC)cc3OC)c3ccc(Cl)cc32)c1)C(O)c1cccnc1. The van der Waals surface area contributed by atoms with Crippen LogP contribution in [0.4, 0.5) is 5.69 Å². The molecule has 2 unspecified atom stereocenters. The molecular weight excluding hydrogens is 589 g/mol. The first-order chi connectivity index (χ1) is 20.6. The topological polar surface area (TPSA) is 92.2 Å². The van der Waals surface area contributed by atoms with Gasteiger partial charge in [-0.1, -0.05) is 29.3 Å². The first-order valence-electron chi connectivity index (χ1n) is 13.7. The molecule has 1 aliphatic rings. The number of aliphatic hydroxyl groups is 1. The lowest BCUT2D eigenvalue weighted by Gasteiger charge is -2.29. The monoisotopic (exact) mass is 619 g/mol. The first kappa shape index (κ1) is 30.4. The van der Waals surface area contributed by atoms with Gasteiger partial charge in [-0.05, 0) is 79.6 Å². The van der Waals surface area contributed by atoms with Gasteiger partial charge in [-0.25, -0.2) is 0 Å². The predicted molar refractivity (Wildman–Crippen MR) is 166 cm³/mol. The third-order valence-corrected chi connectivity index (χ3v) is 8.48. The van der Waals surface area contributed by atoms with Crippen LogP contribution >= 0.6 is 23.2 Å². The number of rotatable bonds is 9. The molecule has 2 atom stereocenters. The molecule has 0 spiro atoms. The molecule has 8 nitrogen and oxygen atoms in total. The molecule has 2 amide bonds. The second-order valence-electron chi connectivity index (χ2n) is 10.3. The van der Waals surface area contributed by atoms with Crippen molar-refractivity contribution >= 4 is 40.7 Å². The van der Waals surface area contributed by atoms with E-state index in [4.69, 9.17) is 32.7 Å². The molecule has 0 saturated carbocycles. The van der Waals surface area contributed by atoms with Gasteiger partial charge in [0, 0.05) is 57.4 Å². The Balaban J connectivity index is 1.57. The summed E-state index contributed by atoms with van der Waals surface area (Å²) in [5, 5.41) is 11.8. The van der Waals surface area contributed by atoms with Crippen molar-refractivity contribution in [1.82, 2.24) is 9.88 Å². The molecule has 0 fully saturated rings. The fraction of sp³-hybridized carbons (Fsp3) is 0.242. The lowest BCUT2D eigenvalue weighted by Crippen LogP contribution is -2.39. The summed E-state index contributed by atoms with van der Waals surface area (Å²) >= 11 is 13.2. The lowest BCUT2D eigenvalue weighted by molar-refractivity contribution is -0.121. The number of hydrogen-bond donors (Lipinski definition) is 1. The van der Waals surface area contributed by atoms with Gasteiger partial charge in [-0.15, -0.1) is 0 Å². The number of halogens is 2. The van der Waals surface area contributed by atoms with Gasteiger partial charge in [-0.2, -0.15) is 0 Å². The lowest BCUT2D eigenvalue weighted by atomic mass is 9.76. The highest BCUT2D eigenvalue weighted by atomic mass is 35.5. The van der Waals surface area contributed by atoms with Crippen LogP contribution in [0.25, 0.3) is 0 Å². The molecule has 1 N–H and O–H groups in total. The Morgan fingerprint density at radius 1 is 1.05 bits per heavy atom. The Hall–Kier alpha value is -4.11. The van der Waals surface area contributed by atoms with Crippen molar-refractivity contribution in [1.29, 1.82) is 0 Å². The van der Waals surface area contributed by atoms with E-state index in [1.165, 1.54) is 11.1 Å². The number of methoxy groups -OCH3 is 2. The van der Waals surface area contributed by atoms with E-state index in [9.17, 15) is 14.7 Å². The number of nitrogens with zero attached hydrogens (tertiary/aromatic N) is 3. The van der Waals surface area contributed by atoms with Crippen molar-refractivity contribution in [2.45, 2.75) is 32.0 Å². The Bertz CT molecular complexity index is 1680. The molecule has 10 heteroatoms. The molecule has 4 aromatic rings. The number of anilines is 1. The fourth-order valence-electron chi connectivity index (χ4n) is 5.55. The van der Waals surface area contributed by atoms with Crippen molar-refractivity contribution in [2.24, 2.45) is 0 Å². The van der Waals surface area contributed by atoms with Crippen molar-refractivity contribution in [3.63, 3.8) is 0 Å². The van der Waals surface area contributed by atoms with Crippen LogP contribution in [0.2, 0.25) is 10.0 Å². The fourth-order valence-corrected chi connectivity index (χ4v) is 6.03. The van der Waals surface area contributed by atoms with Crippen molar-refractivity contribution < 1.29 is 24.2 Å². The van der Waals surface area contributed by atoms with Crippen LogP contribution < -0.4 is 14.4 Å². The zero-order valence-corrected chi connectivity index (χ0v) is 25.7. The molecule has 5 rings (SSSR count). The number of carbonyl (C=O) groups excluding carboxylic acids is 2. The second-order valence-corrected chi connectivity index (χ2v) is 11.1. The van der Waals surface area contributed by atoms with E-state index >= 15 is 0 Å². The predicted octanol–water partition coefficient (Wildman–Crippen LogP) is 6.41. The van der Waals surface area contributed by atoms with E-state index in [-0.39, 0.29) is 24.6 Å². The number of carbonyl (C=O) groups is 2. The summed E-state index contributed by atoms with van der Waals surface area (Å²) in [5.41, 5.74) is 2.04. The van der Waals surface area contributed by atoms with E-state index in [1.54, 1.807) is 87.7 Å². The zero-order valence-electron chi connectivity index (χ0n) is 24.2. The number of hydrogen-bond acceptors (Lipinski definition) is 6. The maximum absolute atomic E-state index is 14.5. The molecule has 43 heavy (non-hydrogen) atoms. The van der Waals surface area contributed by atoms with Crippen LogP contribution in [0, 0.1) is 0 Å². The quantitative estimate of drug-likeness (QED) is 0.218. The summed E-state index contributed by atoms with van der Waals surface area (Å²) in [7, 11) is 3.14. The number of benzene rings is 3. The molecule has 1 aliphatic heterocycles.